The van der Waals surface area contributed by atoms with Gasteiger partial charge in [-0.3, -0.25) is 9.59 Å². The first kappa shape index (κ1) is 13.2. The highest BCUT2D eigenvalue weighted by Crippen LogP contribution is 2.57. The largest absolute Gasteiger partial charge is 0.459 e. The maximum Gasteiger partial charge on any atom is 0.321 e. The number of carbonyl (C=O) groups excluding carboxylic acids is 2. The molecule has 1 aliphatic heterocycles. The number of alkyl halides is 1. The molecule has 5 unspecified atom stereocenters. The molecule has 0 aromatic heterocycles. The summed E-state index contributed by atoms with van der Waals surface area (Å²) in [6.45, 7) is 6.14. The van der Waals surface area contributed by atoms with Crippen LogP contribution in [0.1, 0.15) is 33.6 Å². The second-order valence-corrected chi connectivity index (χ2v) is 7.23. The van der Waals surface area contributed by atoms with Gasteiger partial charge < -0.3 is 9.64 Å². The van der Waals surface area contributed by atoms with Gasteiger partial charge in [0.05, 0.1) is 6.04 Å². The third kappa shape index (κ3) is 1.79. The van der Waals surface area contributed by atoms with Crippen LogP contribution in [0.4, 0.5) is 0 Å². The van der Waals surface area contributed by atoms with E-state index in [1.54, 1.807) is 0 Å². The summed E-state index contributed by atoms with van der Waals surface area (Å²) in [5.41, 5.74) is -0.223. The summed E-state index contributed by atoms with van der Waals surface area (Å²) in [5, 5.41) is 0. The van der Waals surface area contributed by atoms with Crippen LogP contribution in [-0.4, -0.2) is 40.3 Å². The summed E-state index contributed by atoms with van der Waals surface area (Å²) in [7, 11) is 0. The fourth-order valence-electron chi connectivity index (χ4n) is 4.35. The number of likely N-dealkylation sites (tertiary alicyclic amines) is 1. The highest BCUT2D eigenvalue weighted by molar-refractivity contribution is 6.26. The van der Waals surface area contributed by atoms with Gasteiger partial charge in [0.15, 0.2) is 0 Å². The van der Waals surface area contributed by atoms with E-state index in [-0.39, 0.29) is 41.4 Å². The highest BCUT2D eigenvalue weighted by atomic mass is 35.5. The average molecular weight is 286 g/mol. The molecule has 2 aliphatic carbocycles. The Morgan fingerprint density at radius 2 is 2.11 bits per heavy atom. The number of hydrogen-bond acceptors (Lipinski definition) is 3. The fraction of sp³-hybridized carbons (Fsp3) is 0.857. The number of hydrogen-bond donors (Lipinski definition) is 0. The van der Waals surface area contributed by atoms with Gasteiger partial charge in [-0.25, -0.2) is 0 Å². The molecular weight excluding hydrogens is 266 g/mol. The third-order valence-electron chi connectivity index (χ3n) is 4.84. The highest BCUT2D eigenvalue weighted by Gasteiger charge is 2.66. The van der Waals surface area contributed by atoms with Crippen molar-refractivity contribution in [2.24, 2.45) is 17.8 Å². The molecule has 3 rings (SSSR count). The van der Waals surface area contributed by atoms with E-state index in [0.29, 0.717) is 11.8 Å². The molecule has 19 heavy (non-hydrogen) atoms. The van der Waals surface area contributed by atoms with E-state index in [2.05, 4.69) is 0 Å². The van der Waals surface area contributed by atoms with E-state index in [1.807, 2.05) is 25.7 Å². The molecule has 1 amide bonds. The lowest BCUT2D eigenvalue weighted by Crippen LogP contribution is -2.52. The lowest BCUT2D eigenvalue weighted by Gasteiger charge is -2.39. The monoisotopic (exact) mass is 285 g/mol. The minimum Gasteiger partial charge on any atom is -0.459 e. The molecule has 5 heteroatoms. The average Bonchev–Trinajstić information content (AvgIpc) is 2.90. The van der Waals surface area contributed by atoms with Crippen molar-refractivity contribution in [3.63, 3.8) is 0 Å². The number of esters is 1. The smallest absolute Gasteiger partial charge is 0.321 e. The second-order valence-electron chi connectivity index (χ2n) is 6.96. The lowest BCUT2D eigenvalue weighted by atomic mass is 9.87. The minimum absolute atomic E-state index is 0.0587. The standard InChI is InChI=1S/C14H20ClNO3/c1-14(2,3)16-11-8-4-7(5-9(8)13(16)18)12(11)19-10(17)6-15/h7-9,11-12H,4-6H2,1-3H3. The van der Waals surface area contributed by atoms with Crippen LogP contribution < -0.4 is 0 Å². The summed E-state index contributed by atoms with van der Waals surface area (Å²) in [6, 6.07) is 0.0587. The first-order chi connectivity index (χ1) is 8.84. The Morgan fingerprint density at radius 3 is 2.68 bits per heavy atom. The molecule has 0 spiro atoms. The number of halogens is 1. The number of rotatable bonds is 2. The number of amides is 1. The second kappa shape index (κ2) is 4.11. The van der Waals surface area contributed by atoms with Gasteiger partial charge in [0.25, 0.3) is 0 Å². The number of nitrogens with zero attached hydrogens (tertiary/aromatic N) is 1. The molecule has 0 aromatic rings. The quantitative estimate of drug-likeness (QED) is 0.574. The molecule has 106 valence electrons. The SMILES string of the molecule is CC(C)(C)N1C(=O)C2CC3CC2C1C3OC(=O)CCl. The number of carbonyl (C=O) groups is 2. The van der Waals surface area contributed by atoms with Crippen LogP contribution >= 0.6 is 11.6 Å². The molecule has 1 saturated heterocycles. The number of ether oxygens (including phenoxy) is 1. The van der Waals surface area contributed by atoms with Gasteiger partial charge in [-0.1, -0.05) is 0 Å². The molecule has 3 aliphatic rings. The van der Waals surface area contributed by atoms with E-state index in [4.69, 9.17) is 16.3 Å². The Bertz CT molecular complexity index is 431. The Morgan fingerprint density at radius 1 is 1.42 bits per heavy atom. The van der Waals surface area contributed by atoms with Crippen LogP contribution in [0.3, 0.4) is 0 Å². The summed E-state index contributed by atoms with van der Waals surface area (Å²) in [4.78, 5) is 26.0. The van der Waals surface area contributed by atoms with E-state index in [9.17, 15) is 9.59 Å². The normalized spacial score (nSPS) is 40.1. The molecule has 4 nitrogen and oxygen atoms in total. The van der Waals surface area contributed by atoms with Gasteiger partial charge in [0.2, 0.25) is 5.91 Å². The molecule has 5 atom stereocenters. The summed E-state index contributed by atoms with van der Waals surface area (Å²) in [5.74, 6) is 0.611. The zero-order chi connectivity index (χ0) is 13.9. The molecule has 1 heterocycles. The lowest BCUT2D eigenvalue weighted by molar-refractivity contribution is -0.154. The summed E-state index contributed by atoms with van der Waals surface area (Å²) in [6.07, 6.45) is 1.72. The molecule has 0 aromatic carbocycles. The van der Waals surface area contributed by atoms with Crippen LogP contribution in [0.2, 0.25) is 0 Å². The fourth-order valence-corrected chi connectivity index (χ4v) is 4.42. The van der Waals surface area contributed by atoms with E-state index >= 15 is 0 Å². The van der Waals surface area contributed by atoms with Crippen molar-refractivity contribution in [2.45, 2.75) is 51.3 Å². The minimum atomic E-state index is -0.371. The molecule has 0 radical (unpaired) electrons. The van der Waals surface area contributed by atoms with Crippen LogP contribution in [0.15, 0.2) is 0 Å². The zero-order valence-corrected chi connectivity index (χ0v) is 12.3. The molecular formula is C14H20ClNO3. The van der Waals surface area contributed by atoms with Gasteiger partial charge in [0.1, 0.15) is 12.0 Å². The molecule has 2 bridgehead atoms. The van der Waals surface area contributed by atoms with Crippen LogP contribution in [0.5, 0.6) is 0 Å². The summed E-state index contributed by atoms with van der Waals surface area (Å²) >= 11 is 5.53. The summed E-state index contributed by atoms with van der Waals surface area (Å²) < 4.78 is 5.53. The molecule has 3 fully saturated rings. The van der Waals surface area contributed by atoms with Crippen LogP contribution in [-0.2, 0) is 14.3 Å². The Hall–Kier alpha value is -0.770. The predicted octanol–water partition coefficient (Wildman–Crippen LogP) is 1.80. The molecule has 2 saturated carbocycles. The first-order valence-electron chi connectivity index (χ1n) is 6.93. The van der Waals surface area contributed by atoms with E-state index < -0.39 is 0 Å². The van der Waals surface area contributed by atoms with E-state index in [0.717, 1.165) is 12.8 Å². The zero-order valence-electron chi connectivity index (χ0n) is 11.6. The maximum atomic E-state index is 12.5. The van der Waals surface area contributed by atoms with Crippen molar-refractivity contribution in [2.75, 3.05) is 5.88 Å². The van der Waals surface area contributed by atoms with Gasteiger partial charge in [-0.15, -0.1) is 11.6 Å². The predicted molar refractivity (Wildman–Crippen MR) is 70.7 cm³/mol. The van der Waals surface area contributed by atoms with Crippen molar-refractivity contribution in [1.82, 2.24) is 4.90 Å². The van der Waals surface area contributed by atoms with Gasteiger partial charge in [-0.2, -0.15) is 0 Å². The van der Waals surface area contributed by atoms with E-state index in [1.165, 1.54) is 0 Å². The topological polar surface area (TPSA) is 46.6 Å². The Labute approximate surface area is 118 Å². The van der Waals surface area contributed by atoms with Crippen molar-refractivity contribution in [1.29, 1.82) is 0 Å². The number of fused-ring (bicyclic) bond motifs is 1. The van der Waals surface area contributed by atoms with Crippen LogP contribution in [0, 0.1) is 17.8 Å². The Kier molecular flexibility index (Phi) is 2.86. The van der Waals surface area contributed by atoms with Gasteiger partial charge in [-0.05, 0) is 45.4 Å². The molecule has 0 N–H and O–H groups in total. The van der Waals surface area contributed by atoms with Gasteiger partial charge in [0, 0.05) is 11.5 Å². The maximum absolute atomic E-state index is 12.5. The van der Waals surface area contributed by atoms with Crippen molar-refractivity contribution in [3.05, 3.63) is 0 Å². The van der Waals surface area contributed by atoms with Crippen molar-refractivity contribution >= 4 is 23.5 Å². The van der Waals surface area contributed by atoms with Gasteiger partial charge >= 0.3 is 5.97 Å². The first-order valence-corrected chi connectivity index (χ1v) is 7.46. The van der Waals surface area contributed by atoms with Crippen LogP contribution in [0.25, 0.3) is 0 Å². The Balaban J connectivity index is 1.90. The third-order valence-corrected chi connectivity index (χ3v) is 5.06. The van der Waals surface area contributed by atoms with Crippen molar-refractivity contribution in [3.8, 4) is 0 Å². The van der Waals surface area contributed by atoms with Crippen molar-refractivity contribution < 1.29 is 14.3 Å².